The van der Waals surface area contributed by atoms with Crippen molar-refractivity contribution in [3.63, 3.8) is 0 Å². The second-order valence-corrected chi connectivity index (χ2v) is 6.29. The van der Waals surface area contributed by atoms with Crippen molar-refractivity contribution in [3.8, 4) is 0 Å². The van der Waals surface area contributed by atoms with E-state index >= 15 is 0 Å². The Balaban J connectivity index is 2.21. The Morgan fingerprint density at radius 1 is 1.20 bits per heavy atom. The molecule has 6 nitrogen and oxygen atoms in total. The van der Waals surface area contributed by atoms with E-state index in [2.05, 4.69) is 0 Å². The number of aromatic carboxylic acids is 1. The van der Waals surface area contributed by atoms with E-state index in [4.69, 9.17) is 14.3 Å². The Morgan fingerprint density at radius 2 is 1.75 bits per heavy atom. The SMILES string of the molecule is CC1(C)CN(C(=O)c2cc(C(=O)O)co2)CC(C)(C)O1. The van der Waals surface area contributed by atoms with Gasteiger partial charge in [-0.3, -0.25) is 4.79 Å². The van der Waals surface area contributed by atoms with Gasteiger partial charge in [-0.15, -0.1) is 0 Å². The third-order valence-electron chi connectivity index (χ3n) is 3.04. The molecule has 6 heteroatoms. The van der Waals surface area contributed by atoms with Crippen molar-refractivity contribution in [2.24, 2.45) is 0 Å². The zero-order valence-electron chi connectivity index (χ0n) is 12.1. The molecular weight excluding hydrogens is 262 g/mol. The monoisotopic (exact) mass is 281 g/mol. The Hall–Kier alpha value is -1.82. The Labute approximate surface area is 117 Å². The standard InChI is InChI=1S/C14H19NO5/c1-13(2)7-15(8-14(3,4)20-13)11(16)10-5-9(6-19-10)12(17)18/h5-6H,7-8H2,1-4H3,(H,17,18). The second-order valence-electron chi connectivity index (χ2n) is 6.29. The van der Waals surface area contributed by atoms with Crippen molar-refractivity contribution in [1.29, 1.82) is 0 Å². The zero-order valence-corrected chi connectivity index (χ0v) is 12.1. The Bertz CT molecular complexity index is 528. The smallest absolute Gasteiger partial charge is 0.338 e. The van der Waals surface area contributed by atoms with E-state index in [0.717, 1.165) is 6.26 Å². The number of rotatable bonds is 2. The van der Waals surface area contributed by atoms with Crippen LogP contribution in [0.15, 0.2) is 16.7 Å². The molecule has 0 spiro atoms. The molecule has 0 atom stereocenters. The number of hydrogen-bond donors (Lipinski definition) is 1. The first-order valence-corrected chi connectivity index (χ1v) is 6.41. The lowest BCUT2D eigenvalue weighted by molar-refractivity contribution is -0.171. The molecule has 0 saturated carbocycles. The van der Waals surface area contributed by atoms with Crippen molar-refractivity contribution in [3.05, 3.63) is 23.7 Å². The first kappa shape index (κ1) is 14.6. The van der Waals surface area contributed by atoms with Crippen molar-refractivity contribution in [1.82, 2.24) is 4.90 Å². The minimum absolute atomic E-state index is 0.0277. The number of carbonyl (C=O) groups is 2. The molecule has 1 aromatic rings. The molecular formula is C14H19NO5. The molecule has 1 aliphatic heterocycles. The maximum absolute atomic E-state index is 12.4. The highest BCUT2D eigenvalue weighted by Gasteiger charge is 2.40. The predicted molar refractivity (Wildman–Crippen MR) is 70.8 cm³/mol. The summed E-state index contributed by atoms with van der Waals surface area (Å²) in [6, 6.07) is 1.25. The van der Waals surface area contributed by atoms with E-state index in [9.17, 15) is 9.59 Å². The number of carboxylic acids is 1. The van der Waals surface area contributed by atoms with Crippen LogP contribution in [0.3, 0.4) is 0 Å². The highest BCUT2D eigenvalue weighted by atomic mass is 16.5. The fraction of sp³-hybridized carbons (Fsp3) is 0.571. The van der Waals surface area contributed by atoms with Crippen LogP contribution >= 0.6 is 0 Å². The summed E-state index contributed by atoms with van der Waals surface area (Å²) in [7, 11) is 0. The molecule has 2 heterocycles. The number of morpholine rings is 1. The van der Waals surface area contributed by atoms with Crippen LogP contribution in [0.4, 0.5) is 0 Å². The van der Waals surface area contributed by atoms with Gasteiger partial charge in [0.05, 0.1) is 16.8 Å². The highest BCUT2D eigenvalue weighted by Crippen LogP contribution is 2.29. The predicted octanol–water partition coefficient (Wildman–Crippen LogP) is 2.01. The van der Waals surface area contributed by atoms with E-state index in [-0.39, 0.29) is 17.2 Å². The zero-order chi connectivity index (χ0) is 15.1. The topological polar surface area (TPSA) is 80.0 Å². The lowest BCUT2D eigenvalue weighted by atomic mass is 9.98. The maximum Gasteiger partial charge on any atom is 0.338 e. The summed E-state index contributed by atoms with van der Waals surface area (Å²) >= 11 is 0. The number of furan rings is 1. The van der Waals surface area contributed by atoms with Gasteiger partial charge in [0.15, 0.2) is 5.76 Å². The minimum atomic E-state index is -1.12. The summed E-state index contributed by atoms with van der Waals surface area (Å²) in [6.07, 6.45) is 1.08. The van der Waals surface area contributed by atoms with Crippen LogP contribution in [0.25, 0.3) is 0 Å². The number of carboxylic acid groups (broad SMARTS) is 1. The average molecular weight is 281 g/mol. The molecule has 0 unspecified atom stereocenters. The van der Waals surface area contributed by atoms with E-state index in [1.54, 1.807) is 4.90 Å². The van der Waals surface area contributed by atoms with Gasteiger partial charge in [-0.1, -0.05) is 0 Å². The molecule has 2 rings (SSSR count). The molecule has 0 aliphatic carbocycles. The molecule has 0 bridgehead atoms. The van der Waals surface area contributed by atoms with Crippen molar-refractivity contribution < 1.29 is 23.8 Å². The summed E-state index contributed by atoms with van der Waals surface area (Å²) in [5, 5.41) is 8.85. The second kappa shape index (κ2) is 4.63. The van der Waals surface area contributed by atoms with Gasteiger partial charge in [0.25, 0.3) is 5.91 Å². The van der Waals surface area contributed by atoms with E-state index in [1.165, 1.54) is 6.07 Å². The first-order valence-electron chi connectivity index (χ1n) is 6.41. The number of ether oxygens (including phenoxy) is 1. The fourth-order valence-electron chi connectivity index (χ4n) is 2.65. The van der Waals surface area contributed by atoms with Gasteiger partial charge in [0, 0.05) is 19.2 Å². The van der Waals surface area contributed by atoms with Crippen LogP contribution < -0.4 is 0 Å². The van der Waals surface area contributed by atoms with Crippen LogP contribution in [0.2, 0.25) is 0 Å². The molecule has 1 aliphatic rings. The normalized spacial score (nSPS) is 20.7. The quantitative estimate of drug-likeness (QED) is 0.897. The van der Waals surface area contributed by atoms with Gasteiger partial charge in [-0.05, 0) is 27.7 Å². The summed E-state index contributed by atoms with van der Waals surface area (Å²) in [6.45, 7) is 8.52. The van der Waals surface area contributed by atoms with Gasteiger partial charge in [-0.25, -0.2) is 4.79 Å². The first-order chi connectivity index (χ1) is 9.10. The van der Waals surface area contributed by atoms with Gasteiger partial charge in [-0.2, -0.15) is 0 Å². The number of amides is 1. The molecule has 20 heavy (non-hydrogen) atoms. The molecule has 1 N–H and O–H groups in total. The van der Waals surface area contributed by atoms with Crippen LogP contribution in [-0.4, -0.2) is 46.2 Å². The average Bonchev–Trinajstić information content (AvgIpc) is 2.72. The van der Waals surface area contributed by atoms with Crippen LogP contribution in [0.1, 0.15) is 48.6 Å². The Kier molecular flexibility index (Phi) is 3.37. The lowest BCUT2D eigenvalue weighted by Crippen LogP contribution is -2.58. The van der Waals surface area contributed by atoms with Crippen molar-refractivity contribution in [2.45, 2.75) is 38.9 Å². The fourth-order valence-corrected chi connectivity index (χ4v) is 2.65. The number of hydrogen-bond acceptors (Lipinski definition) is 4. The molecule has 1 amide bonds. The Morgan fingerprint density at radius 3 is 2.20 bits per heavy atom. The summed E-state index contributed by atoms with van der Waals surface area (Å²) in [5.74, 6) is -1.40. The van der Waals surface area contributed by atoms with Gasteiger partial charge >= 0.3 is 5.97 Å². The van der Waals surface area contributed by atoms with Crippen molar-refractivity contribution in [2.75, 3.05) is 13.1 Å². The third kappa shape index (κ3) is 3.01. The van der Waals surface area contributed by atoms with Crippen LogP contribution in [-0.2, 0) is 4.74 Å². The number of carbonyl (C=O) groups excluding carboxylic acids is 1. The van der Waals surface area contributed by atoms with E-state index in [1.807, 2.05) is 27.7 Å². The molecule has 0 aromatic carbocycles. The third-order valence-corrected chi connectivity index (χ3v) is 3.04. The molecule has 1 aromatic heterocycles. The molecule has 1 fully saturated rings. The summed E-state index contributed by atoms with van der Waals surface area (Å²) in [5.41, 5.74) is -0.945. The maximum atomic E-state index is 12.4. The van der Waals surface area contributed by atoms with Crippen molar-refractivity contribution >= 4 is 11.9 Å². The van der Waals surface area contributed by atoms with Gasteiger partial charge in [0.2, 0.25) is 0 Å². The van der Waals surface area contributed by atoms with E-state index < -0.39 is 17.2 Å². The van der Waals surface area contributed by atoms with Gasteiger partial charge < -0.3 is 19.2 Å². The van der Waals surface area contributed by atoms with Crippen LogP contribution in [0, 0.1) is 0 Å². The molecule has 110 valence electrons. The van der Waals surface area contributed by atoms with Gasteiger partial charge in [0.1, 0.15) is 6.26 Å². The lowest BCUT2D eigenvalue weighted by Gasteiger charge is -2.46. The summed E-state index contributed by atoms with van der Waals surface area (Å²) in [4.78, 5) is 24.8. The van der Waals surface area contributed by atoms with Crippen LogP contribution in [0.5, 0.6) is 0 Å². The van der Waals surface area contributed by atoms with E-state index in [0.29, 0.717) is 13.1 Å². The largest absolute Gasteiger partial charge is 0.478 e. The molecule has 1 saturated heterocycles. The highest BCUT2D eigenvalue weighted by molar-refractivity contribution is 5.95. The molecule has 0 radical (unpaired) electrons. The summed E-state index contributed by atoms with van der Waals surface area (Å²) < 4.78 is 11.0. The minimum Gasteiger partial charge on any atom is -0.478 e. The number of nitrogens with zero attached hydrogens (tertiary/aromatic N) is 1.